The van der Waals surface area contributed by atoms with Crippen LogP contribution < -0.4 is 5.32 Å². The third-order valence-corrected chi connectivity index (χ3v) is 1.49. The molecule has 0 spiro atoms. The summed E-state index contributed by atoms with van der Waals surface area (Å²) in [5, 5.41) is 18.5. The van der Waals surface area contributed by atoms with Gasteiger partial charge in [0, 0.05) is 0 Å². The van der Waals surface area contributed by atoms with E-state index in [4.69, 9.17) is 10.2 Å². The van der Waals surface area contributed by atoms with Gasteiger partial charge in [-0.15, -0.1) is 0 Å². The molecule has 0 unspecified atom stereocenters. The molecular formula is C8H13NO6. The lowest BCUT2D eigenvalue weighted by molar-refractivity contribution is -0.150. The maximum absolute atomic E-state index is 10.9. The molecule has 0 heterocycles. The van der Waals surface area contributed by atoms with Gasteiger partial charge >= 0.3 is 18.0 Å². The molecule has 3 N–H and O–H groups in total. The highest BCUT2D eigenvalue weighted by Gasteiger charge is 2.27. The molecule has 0 aliphatic heterocycles. The lowest BCUT2D eigenvalue weighted by Gasteiger charge is -2.09. The molecule has 0 aromatic heterocycles. The van der Waals surface area contributed by atoms with E-state index in [0.29, 0.717) is 6.42 Å². The minimum atomic E-state index is -1.97. The van der Waals surface area contributed by atoms with Gasteiger partial charge in [-0.3, -0.25) is 5.32 Å². The number of hydrogen-bond acceptors (Lipinski definition) is 4. The van der Waals surface area contributed by atoms with Gasteiger partial charge in [0.1, 0.15) is 0 Å². The highest BCUT2D eigenvalue weighted by Crippen LogP contribution is 1.91. The van der Waals surface area contributed by atoms with Crippen molar-refractivity contribution in [1.29, 1.82) is 0 Å². The monoisotopic (exact) mass is 219 g/mol. The average molecular weight is 219 g/mol. The van der Waals surface area contributed by atoms with Crippen molar-refractivity contribution in [3.05, 3.63) is 0 Å². The molecule has 0 aromatic carbocycles. The van der Waals surface area contributed by atoms with Gasteiger partial charge < -0.3 is 14.9 Å². The van der Waals surface area contributed by atoms with Gasteiger partial charge in [-0.2, -0.15) is 0 Å². The first kappa shape index (κ1) is 13.2. The Kier molecular flexibility index (Phi) is 5.84. The van der Waals surface area contributed by atoms with E-state index in [1.165, 1.54) is 0 Å². The molecule has 86 valence electrons. The van der Waals surface area contributed by atoms with Crippen LogP contribution in [0, 0.1) is 0 Å². The quantitative estimate of drug-likeness (QED) is 0.429. The van der Waals surface area contributed by atoms with E-state index < -0.39 is 24.1 Å². The van der Waals surface area contributed by atoms with Gasteiger partial charge in [0.2, 0.25) is 6.04 Å². The molecule has 1 amide bonds. The number of amides is 1. The van der Waals surface area contributed by atoms with Gasteiger partial charge in [-0.05, 0) is 6.42 Å². The third-order valence-electron chi connectivity index (χ3n) is 1.49. The second-order valence-corrected chi connectivity index (χ2v) is 2.74. The number of aliphatic carboxylic acids is 2. The Morgan fingerprint density at radius 2 is 1.80 bits per heavy atom. The van der Waals surface area contributed by atoms with Crippen LogP contribution in [-0.2, 0) is 14.3 Å². The van der Waals surface area contributed by atoms with Gasteiger partial charge in [0.15, 0.2) is 0 Å². The number of rotatable bonds is 6. The number of carboxylic acid groups (broad SMARTS) is 2. The van der Waals surface area contributed by atoms with E-state index >= 15 is 0 Å². The number of nitrogens with one attached hydrogen (secondary N) is 1. The Hall–Kier alpha value is -1.79. The van der Waals surface area contributed by atoms with Crippen LogP contribution in [-0.4, -0.2) is 40.9 Å². The van der Waals surface area contributed by atoms with Crippen LogP contribution in [0.15, 0.2) is 0 Å². The van der Waals surface area contributed by atoms with E-state index in [1.54, 1.807) is 5.32 Å². The molecule has 0 saturated carbocycles. The molecule has 0 atom stereocenters. The summed E-state index contributed by atoms with van der Waals surface area (Å²) in [6.45, 7) is 2.02. The Bertz CT molecular complexity index is 238. The Balaban J connectivity index is 4.01. The van der Waals surface area contributed by atoms with Crippen molar-refractivity contribution < 1.29 is 29.3 Å². The predicted octanol–water partition coefficient (Wildman–Crippen LogP) is 0.0505. The first-order valence-corrected chi connectivity index (χ1v) is 4.38. The van der Waals surface area contributed by atoms with Crippen LogP contribution >= 0.6 is 0 Å². The Labute approximate surface area is 86.0 Å². The number of alkyl carbamates (subject to hydrolysis) is 1. The molecule has 0 fully saturated rings. The zero-order chi connectivity index (χ0) is 11.8. The summed E-state index contributed by atoms with van der Waals surface area (Å²) >= 11 is 0. The van der Waals surface area contributed by atoms with Crippen molar-refractivity contribution in [2.24, 2.45) is 0 Å². The summed E-state index contributed by atoms with van der Waals surface area (Å²) in [6.07, 6.45) is 0.408. The van der Waals surface area contributed by atoms with Crippen LogP contribution in [0.5, 0.6) is 0 Å². The fourth-order valence-corrected chi connectivity index (χ4v) is 0.698. The van der Waals surface area contributed by atoms with Gasteiger partial charge in [0.05, 0.1) is 6.61 Å². The van der Waals surface area contributed by atoms with E-state index in [9.17, 15) is 14.4 Å². The van der Waals surface area contributed by atoms with Crippen LogP contribution in [0.4, 0.5) is 4.79 Å². The van der Waals surface area contributed by atoms with Crippen molar-refractivity contribution in [2.45, 2.75) is 25.8 Å². The number of ether oxygens (including phenoxy) is 1. The molecule has 0 rings (SSSR count). The zero-order valence-corrected chi connectivity index (χ0v) is 8.23. The van der Waals surface area contributed by atoms with E-state index in [2.05, 4.69) is 4.74 Å². The van der Waals surface area contributed by atoms with Crippen LogP contribution in [0.2, 0.25) is 0 Å². The second-order valence-electron chi connectivity index (χ2n) is 2.74. The summed E-state index contributed by atoms with van der Waals surface area (Å²) in [5.41, 5.74) is 0. The highest BCUT2D eigenvalue weighted by atomic mass is 16.5. The molecule has 7 heteroatoms. The fraction of sp³-hybridized carbons (Fsp3) is 0.625. The zero-order valence-electron chi connectivity index (χ0n) is 8.23. The number of hydrogen-bond donors (Lipinski definition) is 3. The molecule has 7 nitrogen and oxygen atoms in total. The standard InChI is InChI=1S/C8H13NO6/c1-2-3-4-15-8(14)9-5(6(10)11)7(12)13/h5H,2-4H2,1H3,(H,9,14)(H,10,11)(H,12,13). The SMILES string of the molecule is CCCCOC(=O)NC(C(=O)O)C(=O)O. The highest BCUT2D eigenvalue weighted by molar-refractivity contribution is 5.99. The summed E-state index contributed by atoms with van der Waals surface area (Å²) < 4.78 is 4.54. The lowest BCUT2D eigenvalue weighted by atomic mass is 10.3. The number of carboxylic acids is 2. The maximum atomic E-state index is 10.9. The lowest BCUT2D eigenvalue weighted by Crippen LogP contribution is -2.46. The van der Waals surface area contributed by atoms with Gasteiger partial charge in [0.25, 0.3) is 0 Å². The molecule has 0 bridgehead atoms. The van der Waals surface area contributed by atoms with Crippen molar-refractivity contribution in [1.82, 2.24) is 5.32 Å². The van der Waals surface area contributed by atoms with Crippen molar-refractivity contribution in [3.8, 4) is 0 Å². The minimum absolute atomic E-state index is 0.133. The summed E-state index contributed by atoms with van der Waals surface area (Å²) in [5.74, 6) is -3.29. The minimum Gasteiger partial charge on any atom is -0.479 e. The first-order chi connectivity index (χ1) is 6.99. The summed E-state index contributed by atoms with van der Waals surface area (Å²) in [7, 11) is 0. The number of carbonyl (C=O) groups excluding carboxylic acids is 1. The average Bonchev–Trinajstić information content (AvgIpc) is 2.13. The molecule has 0 saturated heterocycles. The smallest absolute Gasteiger partial charge is 0.408 e. The molecule has 0 aromatic rings. The number of unbranched alkanes of at least 4 members (excludes halogenated alkanes) is 1. The van der Waals surface area contributed by atoms with Crippen molar-refractivity contribution in [3.63, 3.8) is 0 Å². The Morgan fingerprint density at radius 1 is 1.27 bits per heavy atom. The predicted molar refractivity (Wildman–Crippen MR) is 48.5 cm³/mol. The fourth-order valence-electron chi connectivity index (χ4n) is 0.698. The Morgan fingerprint density at radius 3 is 2.20 bits per heavy atom. The normalized spacial score (nSPS) is 9.73. The van der Waals surface area contributed by atoms with E-state index in [0.717, 1.165) is 6.42 Å². The van der Waals surface area contributed by atoms with Gasteiger partial charge in [-0.25, -0.2) is 14.4 Å². The number of carbonyl (C=O) groups is 3. The molecule has 0 aliphatic carbocycles. The van der Waals surface area contributed by atoms with Crippen LogP contribution in [0.25, 0.3) is 0 Å². The molecular weight excluding hydrogens is 206 g/mol. The van der Waals surface area contributed by atoms with Crippen LogP contribution in [0.3, 0.4) is 0 Å². The van der Waals surface area contributed by atoms with Gasteiger partial charge in [-0.1, -0.05) is 13.3 Å². The van der Waals surface area contributed by atoms with E-state index in [-0.39, 0.29) is 6.61 Å². The van der Waals surface area contributed by atoms with Crippen molar-refractivity contribution in [2.75, 3.05) is 6.61 Å². The molecule has 15 heavy (non-hydrogen) atoms. The second kappa shape index (κ2) is 6.63. The summed E-state index contributed by atoms with van der Waals surface area (Å²) in [6, 6.07) is -1.97. The van der Waals surface area contributed by atoms with E-state index in [1.807, 2.05) is 6.92 Å². The summed E-state index contributed by atoms with van der Waals surface area (Å²) in [4.78, 5) is 31.6. The van der Waals surface area contributed by atoms with Crippen LogP contribution in [0.1, 0.15) is 19.8 Å². The first-order valence-electron chi connectivity index (χ1n) is 4.38. The maximum Gasteiger partial charge on any atom is 0.408 e. The third kappa shape index (κ3) is 5.50. The topological polar surface area (TPSA) is 113 Å². The largest absolute Gasteiger partial charge is 0.479 e. The molecule has 0 radical (unpaired) electrons. The molecule has 0 aliphatic rings. The van der Waals surface area contributed by atoms with Crippen molar-refractivity contribution >= 4 is 18.0 Å².